The van der Waals surface area contributed by atoms with Gasteiger partial charge in [0.05, 0.1) is 0 Å². The van der Waals surface area contributed by atoms with Crippen molar-refractivity contribution < 1.29 is 25.6 Å². The minimum atomic E-state index is -0.826. The fourth-order valence-corrected chi connectivity index (χ4v) is 1.16. The SMILES string of the molecule is CCOCC.[CH2-]c1ccccc1.[CH2-]c1ccccc1.[Cl][Zr+2][Cl]. The summed E-state index contributed by atoms with van der Waals surface area (Å²) >= 11 is -0.826. The van der Waals surface area contributed by atoms with E-state index < -0.39 is 20.8 Å². The van der Waals surface area contributed by atoms with Crippen molar-refractivity contribution in [2.24, 2.45) is 0 Å². The molecule has 0 N–H and O–H groups in total. The first kappa shape index (κ1) is 23.9. The van der Waals surface area contributed by atoms with Crippen molar-refractivity contribution in [1.29, 1.82) is 0 Å². The van der Waals surface area contributed by atoms with E-state index in [9.17, 15) is 0 Å². The van der Waals surface area contributed by atoms with Crippen LogP contribution in [0.1, 0.15) is 25.0 Å². The summed E-state index contributed by atoms with van der Waals surface area (Å²) in [7, 11) is 9.87. The number of hydrogen-bond acceptors (Lipinski definition) is 1. The van der Waals surface area contributed by atoms with E-state index in [0.717, 1.165) is 24.3 Å². The Balaban J connectivity index is 0. The van der Waals surface area contributed by atoms with Crippen molar-refractivity contribution in [2.45, 2.75) is 13.8 Å². The zero-order valence-corrected chi connectivity index (χ0v) is 17.2. The molecule has 120 valence electrons. The topological polar surface area (TPSA) is 9.23 Å². The van der Waals surface area contributed by atoms with E-state index in [2.05, 4.69) is 13.8 Å². The third kappa shape index (κ3) is 21.9. The second kappa shape index (κ2) is 20.6. The van der Waals surface area contributed by atoms with Crippen molar-refractivity contribution in [3.05, 3.63) is 85.6 Å². The molecule has 0 saturated carbocycles. The fourth-order valence-electron chi connectivity index (χ4n) is 1.16. The van der Waals surface area contributed by atoms with Crippen molar-refractivity contribution in [1.82, 2.24) is 0 Å². The quantitative estimate of drug-likeness (QED) is 0.531. The Labute approximate surface area is 154 Å². The zero-order valence-electron chi connectivity index (χ0n) is 13.3. The first-order chi connectivity index (χ1) is 10.6. The van der Waals surface area contributed by atoms with Crippen LogP contribution in [0.15, 0.2) is 60.7 Å². The first-order valence-corrected chi connectivity index (χ1v) is 13.2. The van der Waals surface area contributed by atoms with E-state index in [1.807, 2.05) is 74.5 Å². The van der Waals surface area contributed by atoms with Crippen LogP contribution in [0.2, 0.25) is 0 Å². The molecule has 2 rings (SSSR count). The van der Waals surface area contributed by atoms with Gasteiger partial charge in [-0.25, -0.2) is 0 Å². The third-order valence-corrected chi connectivity index (χ3v) is 2.09. The van der Waals surface area contributed by atoms with Crippen LogP contribution in [0.25, 0.3) is 0 Å². The Bertz CT molecular complexity index is 370. The molecule has 0 aliphatic rings. The molecule has 0 aromatic heterocycles. The summed E-state index contributed by atoms with van der Waals surface area (Å²) in [6, 6.07) is 19.7. The van der Waals surface area contributed by atoms with Crippen LogP contribution in [0, 0.1) is 13.8 Å². The molecule has 0 unspecified atom stereocenters. The maximum atomic E-state index is 4.93. The van der Waals surface area contributed by atoms with Gasteiger partial charge in [-0.3, -0.25) is 0 Å². The fraction of sp³-hybridized carbons (Fsp3) is 0.222. The molecule has 0 aliphatic heterocycles. The van der Waals surface area contributed by atoms with E-state index >= 15 is 0 Å². The maximum absolute atomic E-state index is 4.93. The molecule has 0 bridgehead atoms. The molecule has 0 radical (unpaired) electrons. The summed E-state index contributed by atoms with van der Waals surface area (Å²) < 4.78 is 4.83. The molecule has 2 aromatic rings. The third-order valence-electron chi connectivity index (χ3n) is 2.09. The van der Waals surface area contributed by atoms with E-state index in [1.165, 1.54) is 0 Å². The molecule has 2 aromatic carbocycles. The summed E-state index contributed by atoms with van der Waals surface area (Å²) in [5.74, 6) is 0. The van der Waals surface area contributed by atoms with Gasteiger partial charge in [-0.15, -0.1) is 24.3 Å². The summed E-state index contributed by atoms with van der Waals surface area (Å²) in [4.78, 5) is 0. The van der Waals surface area contributed by atoms with Crippen LogP contribution in [-0.2, 0) is 25.6 Å². The van der Waals surface area contributed by atoms with Gasteiger partial charge in [0.2, 0.25) is 0 Å². The van der Waals surface area contributed by atoms with Gasteiger partial charge < -0.3 is 4.74 Å². The molecule has 4 heteroatoms. The number of ether oxygens (including phenoxy) is 1. The Morgan fingerprint density at radius 1 is 0.773 bits per heavy atom. The number of benzene rings is 2. The molecule has 1 nitrogen and oxygen atoms in total. The summed E-state index contributed by atoms with van der Waals surface area (Å²) in [6.07, 6.45) is 0. The second-order valence-electron chi connectivity index (χ2n) is 3.82. The Morgan fingerprint density at radius 3 is 1.14 bits per heavy atom. The second-order valence-corrected chi connectivity index (χ2v) is 7.56. The molecule has 0 spiro atoms. The van der Waals surface area contributed by atoms with Crippen LogP contribution >= 0.6 is 17.0 Å². The monoisotopic (exact) mass is 416 g/mol. The normalized spacial score (nSPS) is 7.82. The predicted octanol–water partition coefficient (Wildman–Crippen LogP) is 6.16. The van der Waals surface area contributed by atoms with Crippen LogP contribution in [-0.4, -0.2) is 13.2 Å². The van der Waals surface area contributed by atoms with E-state index in [0.29, 0.717) is 0 Å². The molecular formula is C18H24Cl2OZr. The van der Waals surface area contributed by atoms with Gasteiger partial charge in [0.1, 0.15) is 0 Å². The molecular weight excluding hydrogens is 394 g/mol. The molecule has 0 fully saturated rings. The van der Waals surface area contributed by atoms with Crippen molar-refractivity contribution in [3.63, 3.8) is 0 Å². The van der Waals surface area contributed by atoms with Crippen molar-refractivity contribution >= 4 is 17.0 Å². The van der Waals surface area contributed by atoms with Gasteiger partial charge in [0, 0.05) is 13.2 Å². The summed E-state index contributed by atoms with van der Waals surface area (Å²) in [5, 5.41) is 0. The van der Waals surface area contributed by atoms with Gasteiger partial charge in [-0.1, -0.05) is 12.1 Å². The standard InChI is InChI=1S/2C7H7.C4H10O.2ClH.Zr/c2*1-7-5-3-2-4-6-7;1-3-5-4-2;;;/h2*2-6H,1H2;3-4H2,1-2H3;2*1H;/q2*-1;;;;+4/p-2. The number of hydrogen-bond donors (Lipinski definition) is 0. The molecule has 0 aliphatic carbocycles. The number of halogens is 2. The van der Waals surface area contributed by atoms with Crippen molar-refractivity contribution in [2.75, 3.05) is 13.2 Å². The molecule has 0 saturated heterocycles. The summed E-state index contributed by atoms with van der Waals surface area (Å²) in [6.45, 7) is 13.1. The van der Waals surface area contributed by atoms with Gasteiger partial charge in [-0.05, 0) is 13.8 Å². The van der Waals surface area contributed by atoms with E-state index in [-0.39, 0.29) is 0 Å². The van der Waals surface area contributed by atoms with E-state index in [4.69, 9.17) is 21.8 Å². The van der Waals surface area contributed by atoms with Gasteiger partial charge in [-0.2, -0.15) is 49.2 Å². The zero-order chi connectivity index (χ0) is 17.1. The minimum absolute atomic E-state index is 0.826. The molecule has 0 amide bonds. The first-order valence-electron chi connectivity index (χ1n) is 6.90. The predicted molar refractivity (Wildman–Crippen MR) is 95.7 cm³/mol. The van der Waals surface area contributed by atoms with Crippen molar-refractivity contribution in [3.8, 4) is 0 Å². The van der Waals surface area contributed by atoms with Crippen LogP contribution < -0.4 is 0 Å². The Hall–Kier alpha value is -0.397. The van der Waals surface area contributed by atoms with Crippen LogP contribution in [0.4, 0.5) is 0 Å². The Kier molecular flexibility index (Phi) is 22.3. The van der Waals surface area contributed by atoms with Gasteiger partial charge in [0.25, 0.3) is 0 Å². The molecule has 0 atom stereocenters. The van der Waals surface area contributed by atoms with Gasteiger partial charge >= 0.3 is 37.9 Å². The van der Waals surface area contributed by atoms with Gasteiger partial charge in [0.15, 0.2) is 0 Å². The van der Waals surface area contributed by atoms with Crippen LogP contribution in [0.3, 0.4) is 0 Å². The average molecular weight is 419 g/mol. The number of rotatable bonds is 2. The Morgan fingerprint density at radius 2 is 1.05 bits per heavy atom. The average Bonchev–Trinajstić information content (AvgIpc) is 2.52. The molecule has 22 heavy (non-hydrogen) atoms. The molecule has 0 heterocycles. The van der Waals surface area contributed by atoms with E-state index in [1.54, 1.807) is 0 Å². The summed E-state index contributed by atoms with van der Waals surface area (Å²) in [5.41, 5.74) is 2.14. The van der Waals surface area contributed by atoms with Crippen LogP contribution in [0.5, 0.6) is 0 Å².